The first kappa shape index (κ1) is 13.1. The van der Waals surface area contributed by atoms with Gasteiger partial charge >= 0.3 is 0 Å². The molecule has 1 aromatic rings. The molecule has 0 bridgehead atoms. The Balaban J connectivity index is 1.73. The fourth-order valence-electron chi connectivity index (χ4n) is 3.77. The summed E-state index contributed by atoms with van der Waals surface area (Å²) in [4.78, 5) is 2.73. The Morgan fingerprint density at radius 3 is 3.11 bits per heavy atom. The van der Waals surface area contributed by atoms with E-state index >= 15 is 0 Å². The molecule has 2 nitrogen and oxygen atoms in total. The zero-order valence-corrected chi connectivity index (χ0v) is 12.1. The van der Waals surface area contributed by atoms with E-state index in [0.717, 1.165) is 18.5 Å². The van der Waals surface area contributed by atoms with Crippen molar-refractivity contribution < 1.29 is 0 Å². The SMILES string of the molecule is CCC1CNCCN1CC1CCCc2ccccc21. The number of benzene rings is 1. The van der Waals surface area contributed by atoms with Gasteiger partial charge in [-0.25, -0.2) is 0 Å². The van der Waals surface area contributed by atoms with E-state index in [1.807, 2.05) is 0 Å². The van der Waals surface area contributed by atoms with Gasteiger partial charge in [-0.15, -0.1) is 0 Å². The molecule has 1 aromatic carbocycles. The van der Waals surface area contributed by atoms with Gasteiger partial charge in [0.15, 0.2) is 0 Å². The van der Waals surface area contributed by atoms with Gasteiger partial charge in [0.1, 0.15) is 0 Å². The predicted molar refractivity (Wildman–Crippen MR) is 80.6 cm³/mol. The largest absolute Gasteiger partial charge is 0.314 e. The molecule has 0 aromatic heterocycles. The second-order valence-corrected chi connectivity index (χ2v) is 6.05. The van der Waals surface area contributed by atoms with Crippen molar-refractivity contribution in [1.29, 1.82) is 0 Å². The molecule has 1 aliphatic carbocycles. The van der Waals surface area contributed by atoms with Gasteiger partial charge in [-0.2, -0.15) is 0 Å². The standard InChI is InChI=1S/C17H26N2/c1-2-16-12-18-10-11-19(16)13-15-8-5-7-14-6-3-4-9-17(14)15/h3-4,6,9,15-16,18H,2,5,7-8,10-13H2,1H3. The number of hydrogen-bond donors (Lipinski definition) is 1. The fourth-order valence-corrected chi connectivity index (χ4v) is 3.77. The number of hydrogen-bond acceptors (Lipinski definition) is 2. The maximum atomic E-state index is 3.53. The molecule has 1 fully saturated rings. The van der Waals surface area contributed by atoms with Crippen LogP contribution in [-0.2, 0) is 6.42 Å². The van der Waals surface area contributed by atoms with Crippen LogP contribution in [0.3, 0.4) is 0 Å². The van der Waals surface area contributed by atoms with E-state index in [9.17, 15) is 0 Å². The monoisotopic (exact) mass is 258 g/mol. The van der Waals surface area contributed by atoms with E-state index in [1.165, 1.54) is 45.3 Å². The molecule has 1 saturated heterocycles. The molecular weight excluding hydrogens is 232 g/mol. The van der Waals surface area contributed by atoms with Crippen LogP contribution in [0.1, 0.15) is 43.2 Å². The summed E-state index contributed by atoms with van der Waals surface area (Å²) in [6, 6.07) is 9.84. The lowest BCUT2D eigenvalue weighted by atomic mass is 9.82. The van der Waals surface area contributed by atoms with Crippen LogP contribution in [0.2, 0.25) is 0 Å². The van der Waals surface area contributed by atoms with E-state index in [2.05, 4.69) is 41.4 Å². The van der Waals surface area contributed by atoms with Gasteiger partial charge in [-0.1, -0.05) is 31.2 Å². The normalized spacial score (nSPS) is 28.1. The van der Waals surface area contributed by atoms with E-state index in [-0.39, 0.29) is 0 Å². The lowest BCUT2D eigenvalue weighted by molar-refractivity contribution is 0.144. The van der Waals surface area contributed by atoms with Crippen LogP contribution >= 0.6 is 0 Å². The summed E-state index contributed by atoms with van der Waals surface area (Å²) >= 11 is 0. The summed E-state index contributed by atoms with van der Waals surface area (Å²) in [5, 5.41) is 3.53. The van der Waals surface area contributed by atoms with Crippen molar-refractivity contribution in [3.63, 3.8) is 0 Å². The van der Waals surface area contributed by atoms with Crippen LogP contribution in [-0.4, -0.2) is 37.1 Å². The van der Waals surface area contributed by atoms with Gasteiger partial charge in [0, 0.05) is 32.2 Å². The summed E-state index contributed by atoms with van der Waals surface area (Å²) in [6.07, 6.45) is 5.29. The van der Waals surface area contributed by atoms with E-state index in [4.69, 9.17) is 0 Å². The lowest BCUT2D eigenvalue weighted by Gasteiger charge is -2.39. The van der Waals surface area contributed by atoms with Gasteiger partial charge in [0.25, 0.3) is 0 Å². The highest BCUT2D eigenvalue weighted by Gasteiger charge is 2.26. The van der Waals surface area contributed by atoms with Crippen LogP contribution in [0, 0.1) is 0 Å². The van der Waals surface area contributed by atoms with Gasteiger partial charge in [-0.05, 0) is 42.7 Å². The summed E-state index contributed by atoms with van der Waals surface area (Å²) in [5.41, 5.74) is 3.23. The first-order valence-corrected chi connectivity index (χ1v) is 7.91. The average Bonchev–Trinajstić information content (AvgIpc) is 2.48. The first-order chi connectivity index (χ1) is 9.38. The number of aryl methyl sites for hydroxylation is 1. The summed E-state index contributed by atoms with van der Waals surface area (Å²) in [7, 11) is 0. The zero-order valence-electron chi connectivity index (χ0n) is 12.1. The van der Waals surface area contributed by atoms with Crippen molar-refractivity contribution >= 4 is 0 Å². The molecule has 104 valence electrons. The quantitative estimate of drug-likeness (QED) is 0.897. The molecular formula is C17H26N2. The third kappa shape index (κ3) is 2.85. The molecule has 0 radical (unpaired) electrons. The summed E-state index contributed by atoms with van der Waals surface area (Å²) < 4.78 is 0. The highest BCUT2D eigenvalue weighted by Crippen LogP contribution is 2.32. The van der Waals surface area contributed by atoms with Gasteiger partial charge < -0.3 is 5.32 Å². The molecule has 19 heavy (non-hydrogen) atoms. The van der Waals surface area contributed by atoms with Crippen LogP contribution in [0.15, 0.2) is 24.3 Å². The zero-order chi connectivity index (χ0) is 13.1. The maximum absolute atomic E-state index is 3.53. The predicted octanol–water partition coefficient (Wildman–Crippen LogP) is 2.79. The van der Waals surface area contributed by atoms with Crippen molar-refractivity contribution in [1.82, 2.24) is 10.2 Å². The van der Waals surface area contributed by atoms with Crippen molar-refractivity contribution in [2.75, 3.05) is 26.2 Å². The fraction of sp³-hybridized carbons (Fsp3) is 0.647. The van der Waals surface area contributed by atoms with Crippen molar-refractivity contribution in [3.8, 4) is 0 Å². The maximum Gasteiger partial charge on any atom is 0.0218 e. The van der Waals surface area contributed by atoms with E-state index in [1.54, 1.807) is 11.1 Å². The molecule has 1 aliphatic heterocycles. The minimum Gasteiger partial charge on any atom is -0.314 e. The van der Waals surface area contributed by atoms with Gasteiger partial charge in [-0.3, -0.25) is 4.90 Å². The molecule has 0 saturated carbocycles. The number of piperazine rings is 1. The number of nitrogens with zero attached hydrogens (tertiary/aromatic N) is 1. The van der Waals surface area contributed by atoms with Crippen LogP contribution in [0.25, 0.3) is 0 Å². The molecule has 2 atom stereocenters. The van der Waals surface area contributed by atoms with E-state index in [0.29, 0.717) is 0 Å². The van der Waals surface area contributed by atoms with Crippen molar-refractivity contribution in [2.24, 2.45) is 0 Å². The molecule has 2 aliphatic rings. The Bertz CT molecular complexity index is 415. The molecule has 2 heteroatoms. The third-order valence-corrected chi connectivity index (χ3v) is 4.89. The van der Waals surface area contributed by atoms with E-state index < -0.39 is 0 Å². The second kappa shape index (κ2) is 6.06. The summed E-state index contributed by atoms with van der Waals surface area (Å²) in [5.74, 6) is 0.761. The molecule has 1 heterocycles. The minimum absolute atomic E-state index is 0.739. The number of fused-ring (bicyclic) bond motifs is 1. The van der Waals surface area contributed by atoms with Crippen molar-refractivity contribution in [3.05, 3.63) is 35.4 Å². The Hall–Kier alpha value is -0.860. The van der Waals surface area contributed by atoms with Crippen LogP contribution in [0.4, 0.5) is 0 Å². The highest BCUT2D eigenvalue weighted by atomic mass is 15.2. The van der Waals surface area contributed by atoms with Gasteiger partial charge in [0.05, 0.1) is 0 Å². The Kier molecular flexibility index (Phi) is 4.19. The summed E-state index contributed by atoms with van der Waals surface area (Å²) in [6.45, 7) is 7.13. The lowest BCUT2D eigenvalue weighted by Crippen LogP contribution is -2.52. The van der Waals surface area contributed by atoms with Crippen molar-refractivity contribution in [2.45, 2.75) is 44.6 Å². The Morgan fingerprint density at radius 2 is 2.21 bits per heavy atom. The molecule has 1 N–H and O–H groups in total. The highest BCUT2D eigenvalue weighted by molar-refractivity contribution is 5.32. The molecule has 0 amide bonds. The molecule has 0 spiro atoms. The topological polar surface area (TPSA) is 15.3 Å². The minimum atomic E-state index is 0.739. The second-order valence-electron chi connectivity index (χ2n) is 6.05. The first-order valence-electron chi connectivity index (χ1n) is 7.91. The number of nitrogens with one attached hydrogen (secondary N) is 1. The number of rotatable bonds is 3. The Labute approximate surface area is 117 Å². The third-order valence-electron chi connectivity index (χ3n) is 4.89. The molecule has 3 rings (SSSR count). The van der Waals surface area contributed by atoms with Crippen LogP contribution in [0.5, 0.6) is 0 Å². The molecule has 2 unspecified atom stereocenters. The van der Waals surface area contributed by atoms with Gasteiger partial charge in [0.2, 0.25) is 0 Å². The van der Waals surface area contributed by atoms with Crippen LogP contribution < -0.4 is 5.32 Å². The average molecular weight is 258 g/mol. The smallest absolute Gasteiger partial charge is 0.0218 e. The Morgan fingerprint density at radius 1 is 1.32 bits per heavy atom.